The van der Waals surface area contributed by atoms with Crippen LogP contribution in [0.3, 0.4) is 0 Å². The molecule has 0 aliphatic carbocycles. The summed E-state index contributed by atoms with van der Waals surface area (Å²) in [6, 6.07) is 0. The third kappa shape index (κ3) is 4.02. The fourth-order valence-corrected chi connectivity index (χ4v) is 0.856. The first-order valence-electron chi connectivity index (χ1n) is 2.99. The van der Waals surface area contributed by atoms with Gasteiger partial charge in [0.1, 0.15) is 0 Å². The van der Waals surface area contributed by atoms with Gasteiger partial charge in [0.25, 0.3) is 0 Å². The summed E-state index contributed by atoms with van der Waals surface area (Å²) in [6.45, 7) is 2.81. The number of carbonyl (C=O) groups is 1. The molecule has 6 heteroatoms. The molecule has 5 nitrogen and oxygen atoms in total. The van der Waals surface area contributed by atoms with Gasteiger partial charge in [0.05, 0.1) is 0 Å². The highest BCUT2D eigenvalue weighted by Gasteiger charge is 2.13. The quantitative estimate of drug-likeness (QED) is 0.515. The molecule has 1 heterocycles. The fraction of sp³-hybridized carbons (Fsp3) is 0.800. The van der Waals surface area contributed by atoms with Crippen LogP contribution in [0.5, 0.6) is 0 Å². The second-order valence-electron chi connectivity index (χ2n) is 2.02. The van der Waals surface area contributed by atoms with E-state index < -0.39 is 6.09 Å². The van der Waals surface area contributed by atoms with Gasteiger partial charge >= 0.3 is 6.09 Å². The van der Waals surface area contributed by atoms with Gasteiger partial charge in [-0.1, -0.05) is 0 Å². The van der Waals surface area contributed by atoms with Gasteiger partial charge in [-0.3, -0.25) is 0 Å². The summed E-state index contributed by atoms with van der Waals surface area (Å²) >= 11 is 0. The summed E-state index contributed by atoms with van der Waals surface area (Å²) in [4.78, 5) is 11.7. The second-order valence-corrected chi connectivity index (χ2v) is 2.02. The van der Waals surface area contributed by atoms with Crippen LogP contribution in [0.4, 0.5) is 4.79 Å². The molecule has 1 aliphatic rings. The lowest BCUT2D eigenvalue weighted by molar-refractivity contribution is 0.139. The molecule has 0 aromatic heterocycles. The lowest BCUT2D eigenvalue weighted by atomic mass is 10.4. The van der Waals surface area contributed by atoms with E-state index >= 15 is 0 Å². The monoisotopic (exact) mass is 184 g/mol. The fourth-order valence-electron chi connectivity index (χ4n) is 0.856. The molecular weight excluding hydrogens is 172 g/mol. The van der Waals surface area contributed by atoms with Gasteiger partial charge in [-0.2, -0.15) is 0 Å². The van der Waals surface area contributed by atoms with Crippen LogP contribution in [0.15, 0.2) is 0 Å². The number of halogens is 1. The van der Waals surface area contributed by atoms with E-state index in [-0.39, 0.29) is 17.9 Å². The zero-order valence-electron chi connectivity index (χ0n) is 6.04. The van der Waals surface area contributed by atoms with Gasteiger partial charge in [0.2, 0.25) is 0 Å². The Kier molecular flexibility index (Phi) is 7.39. The van der Waals surface area contributed by atoms with Crippen molar-refractivity contribution in [2.24, 2.45) is 0 Å². The predicted octanol–water partition coefficient (Wildman–Crippen LogP) is -0.833. The van der Waals surface area contributed by atoms with Crippen molar-refractivity contribution in [2.45, 2.75) is 0 Å². The molecule has 0 saturated carbocycles. The Bertz CT molecular complexity index is 116. The van der Waals surface area contributed by atoms with Gasteiger partial charge < -0.3 is 20.8 Å². The van der Waals surface area contributed by atoms with E-state index in [0.29, 0.717) is 13.1 Å². The van der Waals surface area contributed by atoms with Crippen LogP contribution in [-0.4, -0.2) is 47.8 Å². The van der Waals surface area contributed by atoms with Gasteiger partial charge in [0.15, 0.2) is 0 Å². The van der Waals surface area contributed by atoms with Crippen LogP contribution in [0, 0.1) is 0 Å². The summed E-state index contributed by atoms with van der Waals surface area (Å²) in [5.74, 6) is 0. The Balaban J connectivity index is 0. The van der Waals surface area contributed by atoms with Gasteiger partial charge in [0, 0.05) is 26.2 Å². The molecule has 1 fully saturated rings. The average Bonchev–Trinajstić information content (AvgIpc) is 1.90. The number of rotatable bonds is 0. The Morgan fingerprint density at radius 2 is 1.82 bits per heavy atom. The van der Waals surface area contributed by atoms with Crippen LogP contribution >= 0.6 is 12.4 Å². The third-order valence-corrected chi connectivity index (χ3v) is 1.39. The highest BCUT2D eigenvalue weighted by molar-refractivity contribution is 5.85. The Labute approximate surface area is 71.1 Å². The van der Waals surface area contributed by atoms with Crippen LogP contribution in [-0.2, 0) is 0 Å². The van der Waals surface area contributed by atoms with E-state index in [0.717, 1.165) is 13.1 Å². The van der Waals surface area contributed by atoms with Crippen molar-refractivity contribution in [3.63, 3.8) is 0 Å². The molecule has 1 aliphatic heterocycles. The summed E-state index contributed by atoms with van der Waals surface area (Å²) in [5.41, 5.74) is 0. The third-order valence-electron chi connectivity index (χ3n) is 1.39. The topological polar surface area (TPSA) is 84.1 Å². The first-order valence-corrected chi connectivity index (χ1v) is 2.99. The van der Waals surface area contributed by atoms with Crippen molar-refractivity contribution in [3.05, 3.63) is 0 Å². The molecule has 1 rings (SSSR count). The minimum atomic E-state index is -0.809. The normalized spacial score (nSPS) is 16.2. The van der Waals surface area contributed by atoms with Crippen molar-refractivity contribution in [1.29, 1.82) is 0 Å². The molecule has 0 atom stereocenters. The standard InChI is InChI=1S/C5H10N2O2.ClH.H2O/c8-5(9)7-3-1-6-2-4-7;;/h6H,1-4H2,(H,8,9);1H;1H2. The molecule has 0 spiro atoms. The van der Waals surface area contributed by atoms with Gasteiger partial charge in [-0.15, -0.1) is 12.4 Å². The minimum absolute atomic E-state index is 0. The van der Waals surface area contributed by atoms with E-state index in [1.54, 1.807) is 0 Å². The molecule has 0 unspecified atom stereocenters. The molecular formula is C5H13ClN2O3. The molecule has 4 N–H and O–H groups in total. The van der Waals surface area contributed by atoms with Crippen molar-refractivity contribution in [2.75, 3.05) is 26.2 Å². The van der Waals surface area contributed by atoms with Gasteiger partial charge in [-0.25, -0.2) is 4.79 Å². The SMILES string of the molecule is Cl.O.O=C(O)N1CCNCC1. The molecule has 0 aromatic rings. The number of piperazine rings is 1. The predicted molar refractivity (Wildman–Crippen MR) is 43.3 cm³/mol. The maximum absolute atomic E-state index is 10.3. The largest absolute Gasteiger partial charge is 0.465 e. The highest BCUT2D eigenvalue weighted by Crippen LogP contribution is 1.90. The molecule has 11 heavy (non-hydrogen) atoms. The van der Waals surface area contributed by atoms with E-state index in [4.69, 9.17) is 5.11 Å². The summed E-state index contributed by atoms with van der Waals surface area (Å²) < 4.78 is 0. The zero-order chi connectivity index (χ0) is 6.69. The number of carboxylic acid groups (broad SMARTS) is 1. The highest BCUT2D eigenvalue weighted by atomic mass is 35.5. The molecule has 68 valence electrons. The first kappa shape index (κ1) is 13.1. The number of amides is 1. The minimum Gasteiger partial charge on any atom is -0.465 e. The number of nitrogens with one attached hydrogen (secondary N) is 1. The van der Waals surface area contributed by atoms with Crippen molar-refractivity contribution < 1.29 is 15.4 Å². The lowest BCUT2D eigenvalue weighted by Gasteiger charge is -2.23. The van der Waals surface area contributed by atoms with Crippen molar-refractivity contribution in [1.82, 2.24) is 10.2 Å². The van der Waals surface area contributed by atoms with E-state index in [1.165, 1.54) is 4.90 Å². The maximum atomic E-state index is 10.3. The van der Waals surface area contributed by atoms with E-state index in [2.05, 4.69) is 5.32 Å². The zero-order valence-corrected chi connectivity index (χ0v) is 6.86. The van der Waals surface area contributed by atoms with E-state index in [1.807, 2.05) is 0 Å². The Morgan fingerprint density at radius 3 is 2.09 bits per heavy atom. The average molecular weight is 185 g/mol. The Hall–Kier alpha value is -0.520. The smallest absolute Gasteiger partial charge is 0.407 e. The molecule has 0 radical (unpaired) electrons. The molecule has 0 aromatic carbocycles. The molecule has 1 saturated heterocycles. The number of hydrogen-bond donors (Lipinski definition) is 2. The molecule has 0 bridgehead atoms. The number of nitrogens with zero attached hydrogens (tertiary/aromatic N) is 1. The summed E-state index contributed by atoms with van der Waals surface area (Å²) in [5, 5.41) is 11.5. The van der Waals surface area contributed by atoms with Crippen LogP contribution in [0.2, 0.25) is 0 Å². The van der Waals surface area contributed by atoms with Crippen molar-refractivity contribution in [3.8, 4) is 0 Å². The van der Waals surface area contributed by atoms with Crippen molar-refractivity contribution >= 4 is 18.5 Å². The summed E-state index contributed by atoms with van der Waals surface area (Å²) in [7, 11) is 0. The second kappa shape index (κ2) is 6.21. The van der Waals surface area contributed by atoms with Crippen LogP contribution < -0.4 is 5.32 Å². The van der Waals surface area contributed by atoms with Crippen LogP contribution in [0.25, 0.3) is 0 Å². The maximum Gasteiger partial charge on any atom is 0.407 e. The number of hydrogen-bond acceptors (Lipinski definition) is 2. The first-order chi connectivity index (χ1) is 4.30. The van der Waals surface area contributed by atoms with Gasteiger partial charge in [-0.05, 0) is 0 Å². The Morgan fingerprint density at radius 1 is 1.36 bits per heavy atom. The lowest BCUT2D eigenvalue weighted by Crippen LogP contribution is -2.45. The molecule has 1 amide bonds. The summed E-state index contributed by atoms with van der Waals surface area (Å²) in [6.07, 6.45) is -0.809. The van der Waals surface area contributed by atoms with E-state index in [9.17, 15) is 4.79 Å². The van der Waals surface area contributed by atoms with Crippen LogP contribution in [0.1, 0.15) is 0 Å².